The van der Waals surface area contributed by atoms with Crippen LogP contribution in [-0.2, 0) is 11.3 Å². The SMILES string of the molecule is C=CCn1c(SCC(=O)Nc2nc(-c3ccccc3)cs2)nnc1-c1cc2ccccc2o1. The Morgan fingerprint density at radius 1 is 1.15 bits per heavy atom. The molecule has 0 aliphatic rings. The highest BCUT2D eigenvalue weighted by Gasteiger charge is 2.18. The third kappa shape index (κ3) is 4.59. The fourth-order valence-corrected chi connectivity index (χ4v) is 4.81. The number of benzene rings is 2. The van der Waals surface area contributed by atoms with Gasteiger partial charge in [-0.25, -0.2) is 4.98 Å². The van der Waals surface area contributed by atoms with Crippen molar-refractivity contribution in [1.82, 2.24) is 19.7 Å². The van der Waals surface area contributed by atoms with Gasteiger partial charge in [0.25, 0.3) is 0 Å². The summed E-state index contributed by atoms with van der Waals surface area (Å²) in [6.07, 6.45) is 1.76. The fraction of sp³-hybridized carbons (Fsp3) is 0.0833. The lowest BCUT2D eigenvalue weighted by Crippen LogP contribution is -2.14. The van der Waals surface area contributed by atoms with Gasteiger partial charge in [0.2, 0.25) is 11.7 Å². The Hall–Kier alpha value is -3.69. The number of amides is 1. The molecular weight excluding hydrogens is 454 g/mol. The van der Waals surface area contributed by atoms with Crippen molar-refractivity contribution in [2.75, 3.05) is 11.1 Å². The first-order chi connectivity index (χ1) is 16.2. The van der Waals surface area contributed by atoms with Crippen LogP contribution in [0, 0.1) is 0 Å². The lowest BCUT2D eigenvalue weighted by Gasteiger charge is -2.06. The predicted octanol–water partition coefficient (Wildman–Crippen LogP) is 5.73. The number of para-hydroxylation sites is 1. The van der Waals surface area contributed by atoms with Crippen LogP contribution in [0.3, 0.4) is 0 Å². The van der Waals surface area contributed by atoms with Gasteiger partial charge in [0.1, 0.15) is 5.58 Å². The molecule has 0 aliphatic carbocycles. The number of rotatable bonds is 8. The lowest BCUT2D eigenvalue weighted by molar-refractivity contribution is -0.113. The van der Waals surface area contributed by atoms with E-state index >= 15 is 0 Å². The molecule has 0 saturated carbocycles. The van der Waals surface area contributed by atoms with E-state index < -0.39 is 0 Å². The van der Waals surface area contributed by atoms with Crippen molar-refractivity contribution in [3.05, 3.63) is 78.7 Å². The minimum absolute atomic E-state index is 0.160. The molecule has 3 aromatic heterocycles. The Morgan fingerprint density at radius 3 is 2.79 bits per heavy atom. The Bertz CT molecular complexity index is 1390. The molecule has 5 rings (SSSR count). The van der Waals surface area contributed by atoms with Crippen molar-refractivity contribution < 1.29 is 9.21 Å². The zero-order chi connectivity index (χ0) is 22.6. The molecule has 7 nitrogen and oxygen atoms in total. The van der Waals surface area contributed by atoms with E-state index in [0.29, 0.717) is 28.4 Å². The van der Waals surface area contributed by atoms with E-state index in [2.05, 4.69) is 27.1 Å². The topological polar surface area (TPSA) is 85.8 Å². The van der Waals surface area contributed by atoms with Crippen LogP contribution < -0.4 is 5.32 Å². The molecule has 0 spiro atoms. The van der Waals surface area contributed by atoms with E-state index in [1.54, 1.807) is 6.08 Å². The minimum atomic E-state index is -0.160. The van der Waals surface area contributed by atoms with E-state index in [-0.39, 0.29) is 11.7 Å². The van der Waals surface area contributed by atoms with Crippen LogP contribution in [0.2, 0.25) is 0 Å². The summed E-state index contributed by atoms with van der Waals surface area (Å²) in [6.45, 7) is 4.33. The minimum Gasteiger partial charge on any atom is -0.453 e. The van der Waals surface area contributed by atoms with Crippen LogP contribution in [0.4, 0.5) is 5.13 Å². The second kappa shape index (κ2) is 9.43. The third-order valence-electron chi connectivity index (χ3n) is 4.83. The molecule has 2 aromatic carbocycles. The summed E-state index contributed by atoms with van der Waals surface area (Å²) in [7, 11) is 0. The molecule has 0 unspecified atom stereocenters. The highest BCUT2D eigenvalue weighted by molar-refractivity contribution is 7.99. The van der Waals surface area contributed by atoms with Crippen LogP contribution >= 0.6 is 23.1 Å². The van der Waals surface area contributed by atoms with Gasteiger partial charge in [0, 0.05) is 22.9 Å². The normalized spacial score (nSPS) is 11.0. The number of allylic oxidation sites excluding steroid dienone is 1. The predicted molar refractivity (Wildman–Crippen MR) is 132 cm³/mol. The maximum absolute atomic E-state index is 12.5. The maximum Gasteiger partial charge on any atom is 0.236 e. The van der Waals surface area contributed by atoms with Crippen LogP contribution in [-0.4, -0.2) is 31.4 Å². The second-order valence-corrected chi connectivity index (χ2v) is 8.90. The number of carbonyl (C=O) groups excluding carboxylic acids is 1. The largest absolute Gasteiger partial charge is 0.453 e. The highest BCUT2D eigenvalue weighted by Crippen LogP contribution is 2.30. The van der Waals surface area contributed by atoms with Crippen molar-refractivity contribution in [3.63, 3.8) is 0 Å². The molecule has 164 valence electrons. The average molecular weight is 474 g/mol. The average Bonchev–Trinajstić information content (AvgIpc) is 3.57. The number of hydrogen-bond acceptors (Lipinski definition) is 7. The van der Waals surface area contributed by atoms with E-state index in [0.717, 1.165) is 22.2 Å². The number of aromatic nitrogens is 4. The molecule has 5 aromatic rings. The van der Waals surface area contributed by atoms with Gasteiger partial charge >= 0.3 is 0 Å². The number of thioether (sulfide) groups is 1. The lowest BCUT2D eigenvalue weighted by atomic mass is 10.2. The first-order valence-corrected chi connectivity index (χ1v) is 12.0. The molecule has 33 heavy (non-hydrogen) atoms. The second-order valence-electron chi connectivity index (χ2n) is 7.09. The number of nitrogens with zero attached hydrogens (tertiary/aromatic N) is 4. The monoisotopic (exact) mass is 473 g/mol. The first-order valence-electron chi connectivity index (χ1n) is 10.2. The summed E-state index contributed by atoms with van der Waals surface area (Å²) in [5.41, 5.74) is 2.64. The quantitative estimate of drug-likeness (QED) is 0.229. The van der Waals surface area contributed by atoms with Gasteiger partial charge in [-0.3, -0.25) is 9.36 Å². The van der Waals surface area contributed by atoms with Gasteiger partial charge in [-0.15, -0.1) is 28.1 Å². The zero-order valence-corrected chi connectivity index (χ0v) is 19.1. The number of thiazole rings is 1. The highest BCUT2D eigenvalue weighted by atomic mass is 32.2. The maximum atomic E-state index is 12.5. The van der Waals surface area contributed by atoms with Crippen LogP contribution in [0.25, 0.3) is 33.8 Å². The number of hydrogen-bond donors (Lipinski definition) is 1. The smallest absolute Gasteiger partial charge is 0.236 e. The summed E-state index contributed by atoms with van der Waals surface area (Å²) >= 11 is 2.70. The van der Waals surface area contributed by atoms with Gasteiger partial charge < -0.3 is 9.73 Å². The van der Waals surface area contributed by atoms with Crippen LogP contribution in [0.1, 0.15) is 0 Å². The Balaban J connectivity index is 1.28. The van der Waals surface area contributed by atoms with Gasteiger partial charge in [0.15, 0.2) is 16.0 Å². The molecule has 0 bridgehead atoms. The molecule has 1 amide bonds. The van der Waals surface area contributed by atoms with Crippen molar-refractivity contribution in [1.29, 1.82) is 0 Å². The molecule has 1 N–H and O–H groups in total. The summed E-state index contributed by atoms with van der Waals surface area (Å²) in [5, 5.41) is 15.6. The van der Waals surface area contributed by atoms with Gasteiger partial charge in [-0.2, -0.15) is 0 Å². The number of nitrogens with one attached hydrogen (secondary N) is 1. The number of fused-ring (bicyclic) bond motifs is 1. The number of carbonyl (C=O) groups is 1. The molecule has 3 heterocycles. The summed E-state index contributed by atoms with van der Waals surface area (Å²) in [6, 6.07) is 19.6. The van der Waals surface area contributed by atoms with Crippen molar-refractivity contribution in [2.24, 2.45) is 0 Å². The van der Waals surface area contributed by atoms with Crippen molar-refractivity contribution in [3.8, 4) is 22.8 Å². The van der Waals surface area contributed by atoms with Gasteiger partial charge in [0.05, 0.1) is 11.4 Å². The summed E-state index contributed by atoms with van der Waals surface area (Å²) < 4.78 is 7.83. The molecule has 9 heteroatoms. The zero-order valence-electron chi connectivity index (χ0n) is 17.5. The fourth-order valence-electron chi connectivity index (χ4n) is 3.32. The molecular formula is C24H19N5O2S2. The Labute approximate surface area is 198 Å². The van der Waals surface area contributed by atoms with Gasteiger partial charge in [-0.05, 0) is 12.1 Å². The van der Waals surface area contributed by atoms with E-state index in [1.807, 2.05) is 70.6 Å². The number of anilines is 1. The molecule has 0 radical (unpaired) electrons. The van der Waals surface area contributed by atoms with Gasteiger partial charge in [-0.1, -0.05) is 66.4 Å². The number of furan rings is 1. The van der Waals surface area contributed by atoms with Crippen LogP contribution in [0.5, 0.6) is 0 Å². The molecule has 0 saturated heterocycles. The van der Waals surface area contributed by atoms with Crippen molar-refractivity contribution >= 4 is 45.1 Å². The van der Waals surface area contributed by atoms with Crippen LogP contribution in [0.15, 0.2) is 88.3 Å². The summed E-state index contributed by atoms with van der Waals surface area (Å²) in [5.74, 6) is 1.24. The van der Waals surface area contributed by atoms with E-state index in [4.69, 9.17) is 4.42 Å². The first kappa shape index (κ1) is 21.2. The standard InChI is InChI=1S/C24H19N5O2S2/c1-2-12-29-22(20-13-17-10-6-7-11-19(17)31-20)27-28-24(29)33-15-21(30)26-23-25-18(14-32-23)16-8-4-3-5-9-16/h2-11,13-14H,1,12,15H2,(H,25,26,30). The Kier molecular flexibility index (Phi) is 6.05. The molecule has 0 atom stereocenters. The Morgan fingerprint density at radius 2 is 1.97 bits per heavy atom. The van der Waals surface area contributed by atoms with Crippen molar-refractivity contribution in [2.45, 2.75) is 11.7 Å². The van der Waals surface area contributed by atoms with E-state index in [9.17, 15) is 4.79 Å². The summed E-state index contributed by atoms with van der Waals surface area (Å²) in [4.78, 5) is 17.0. The molecule has 0 aliphatic heterocycles. The van der Waals surface area contributed by atoms with E-state index in [1.165, 1.54) is 23.1 Å². The third-order valence-corrected chi connectivity index (χ3v) is 6.55. The molecule has 0 fully saturated rings.